The Kier molecular flexibility index (Phi) is 9.31. The lowest BCUT2D eigenvalue weighted by Gasteiger charge is -2.34. The van der Waals surface area contributed by atoms with E-state index in [1.54, 1.807) is 11.9 Å². The molecule has 0 aromatic heterocycles. The van der Waals surface area contributed by atoms with E-state index in [-0.39, 0.29) is 6.29 Å². The van der Waals surface area contributed by atoms with Gasteiger partial charge in [0.05, 0.1) is 5.69 Å². The monoisotopic (exact) mass is 415 g/mol. The molecule has 3 rings (SSSR count). The van der Waals surface area contributed by atoms with Crippen molar-refractivity contribution in [2.75, 3.05) is 44.8 Å². The van der Waals surface area contributed by atoms with Crippen LogP contribution in [0.25, 0.3) is 0 Å². The number of nitrogens with zero attached hydrogens (tertiary/aromatic N) is 2. The number of piperazine rings is 1. The Morgan fingerprint density at radius 2 is 2.10 bits per heavy atom. The van der Waals surface area contributed by atoms with Crippen LogP contribution in [-0.4, -0.2) is 54.8 Å². The van der Waals surface area contributed by atoms with Gasteiger partial charge in [0.15, 0.2) is 6.29 Å². The molecular formula is C23H33N3O2S. The quantitative estimate of drug-likeness (QED) is 0.352. The van der Waals surface area contributed by atoms with Gasteiger partial charge in [-0.2, -0.15) is 0 Å². The largest absolute Gasteiger partial charge is 0.350 e. The van der Waals surface area contributed by atoms with Gasteiger partial charge in [-0.05, 0) is 49.4 Å². The molecule has 5 nitrogen and oxygen atoms in total. The molecule has 0 bridgehead atoms. The third-order valence-electron chi connectivity index (χ3n) is 5.00. The minimum Gasteiger partial charge on any atom is -0.350 e. The second-order valence-electron chi connectivity index (χ2n) is 7.29. The first-order valence-electron chi connectivity index (χ1n) is 10.5. The fourth-order valence-electron chi connectivity index (χ4n) is 3.47. The van der Waals surface area contributed by atoms with E-state index in [0.29, 0.717) is 0 Å². The summed E-state index contributed by atoms with van der Waals surface area (Å²) in [5, 5.41) is 0. The molecule has 0 radical (unpaired) electrons. The summed E-state index contributed by atoms with van der Waals surface area (Å²) in [5.41, 5.74) is 5.43. The van der Waals surface area contributed by atoms with Crippen LogP contribution in [0.15, 0.2) is 65.6 Å². The molecule has 2 fully saturated rings. The molecule has 1 aromatic carbocycles. The Balaban J connectivity index is 1.48. The molecule has 0 aliphatic carbocycles. The third kappa shape index (κ3) is 7.32. The van der Waals surface area contributed by atoms with Gasteiger partial charge in [0.25, 0.3) is 0 Å². The van der Waals surface area contributed by atoms with E-state index in [2.05, 4.69) is 64.6 Å². The van der Waals surface area contributed by atoms with Crippen molar-refractivity contribution in [2.45, 2.75) is 37.4 Å². The second kappa shape index (κ2) is 12.2. The molecule has 2 aliphatic rings. The maximum Gasteiger partial charge on any atom is 0.183 e. The normalized spacial score (nSPS) is 22.1. The molecule has 1 atom stereocenters. The van der Waals surface area contributed by atoms with Crippen molar-refractivity contribution in [2.24, 2.45) is 0 Å². The molecule has 1 aromatic rings. The highest BCUT2D eigenvalue weighted by molar-refractivity contribution is 7.97. The molecule has 2 saturated heterocycles. The van der Waals surface area contributed by atoms with Crippen molar-refractivity contribution in [1.29, 1.82) is 0 Å². The van der Waals surface area contributed by atoms with Crippen LogP contribution in [0.5, 0.6) is 0 Å². The summed E-state index contributed by atoms with van der Waals surface area (Å²) in [6.45, 7) is 11.8. The first-order valence-corrected chi connectivity index (χ1v) is 11.3. The lowest BCUT2D eigenvalue weighted by Crippen LogP contribution is -2.43. The Labute approximate surface area is 179 Å². The fraction of sp³-hybridized carbons (Fsp3) is 0.478. The standard InChI is InChI=1S/C23H33N3O2S/c1-3-9-20(10-4-2)19-25-14-16-26(17-15-25)29-22-12-6-5-11-21(22)24-28-23-13-7-8-18-27-23/h3-6,9-12,23-24H,1,7-8,13-19H2,2H3/b10-4-,20-9+. The minimum atomic E-state index is -0.152. The topological polar surface area (TPSA) is 37.0 Å². The van der Waals surface area contributed by atoms with Gasteiger partial charge in [0.2, 0.25) is 0 Å². The summed E-state index contributed by atoms with van der Waals surface area (Å²) in [6, 6.07) is 8.31. The van der Waals surface area contributed by atoms with Crippen molar-refractivity contribution in [3.05, 3.63) is 60.7 Å². The Morgan fingerprint density at radius 3 is 2.83 bits per heavy atom. The van der Waals surface area contributed by atoms with Gasteiger partial charge in [0, 0.05) is 50.6 Å². The fourth-order valence-corrected chi connectivity index (χ4v) is 4.44. The Bertz CT molecular complexity index is 693. The van der Waals surface area contributed by atoms with Crippen LogP contribution in [0.2, 0.25) is 0 Å². The van der Waals surface area contributed by atoms with E-state index >= 15 is 0 Å². The highest BCUT2D eigenvalue weighted by Gasteiger charge is 2.20. The number of allylic oxidation sites excluding steroid dienone is 3. The molecular weight excluding hydrogens is 382 g/mol. The number of anilines is 1. The van der Waals surface area contributed by atoms with E-state index in [1.165, 1.54) is 10.5 Å². The maximum atomic E-state index is 5.77. The number of hydrogen-bond acceptors (Lipinski definition) is 6. The predicted molar refractivity (Wildman–Crippen MR) is 122 cm³/mol. The van der Waals surface area contributed by atoms with Gasteiger partial charge >= 0.3 is 0 Å². The van der Waals surface area contributed by atoms with Crippen LogP contribution in [0, 0.1) is 0 Å². The molecule has 0 saturated carbocycles. The number of rotatable bonds is 9. The van der Waals surface area contributed by atoms with E-state index < -0.39 is 0 Å². The van der Waals surface area contributed by atoms with Crippen LogP contribution < -0.4 is 5.48 Å². The van der Waals surface area contributed by atoms with Gasteiger partial charge in [-0.15, -0.1) is 0 Å². The van der Waals surface area contributed by atoms with Crippen LogP contribution >= 0.6 is 11.9 Å². The first-order chi connectivity index (χ1) is 14.3. The minimum absolute atomic E-state index is 0.152. The Morgan fingerprint density at radius 1 is 1.28 bits per heavy atom. The molecule has 1 N–H and O–H groups in total. The highest BCUT2D eigenvalue weighted by Crippen LogP contribution is 2.31. The maximum absolute atomic E-state index is 5.77. The lowest BCUT2D eigenvalue weighted by molar-refractivity contribution is -0.145. The average Bonchev–Trinajstić information content (AvgIpc) is 2.76. The van der Waals surface area contributed by atoms with Crippen molar-refractivity contribution < 1.29 is 9.57 Å². The molecule has 0 amide bonds. The van der Waals surface area contributed by atoms with Gasteiger partial charge in [-0.3, -0.25) is 10.4 Å². The molecule has 158 valence electrons. The summed E-state index contributed by atoms with van der Waals surface area (Å²) in [7, 11) is 0. The van der Waals surface area contributed by atoms with Crippen molar-refractivity contribution in [1.82, 2.24) is 9.21 Å². The zero-order valence-corrected chi connectivity index (χ0v) is 18.2. The summed E-state index contributed by atoms with van der Waals surface area (Å²) >= 11 is 1.80. The van der Waals surface area contributed by atoms with E-state index in [1.807, 2.05) is 12.1 Å². The van der Waals surface area contributed by atoms with Crippen molar-refractivity contribution >= 4 is 17.6 Å². The molecule has 2 aliphatic heterocycles. The van der Waals surface area contributed by atoms with Crippen LogP contribution in [-0.2, 0) is 9.57 Å². The third-order valence-corrected chi connectivity index (χ3v) is 6.18. The van der Waals surface area contributed by atoms with E-state index in [9.17, 15) is 0 Å². The van der Waals surface area contributed by atoms with E-state index in [0.717, 1.165) is 64.3 Å². The van der Waals surface area contributed by atoms with Crippen LogP contribution in [0.3, 0.4) is 0 Å². The Hall–Kier alpha value is -1.57. The van der Waals surface area contributed by atoms with Gasteiger partial charge in [-0.1, -0.05) is 43.0 Å². The van der Waals surface area contributed by atoms with Crippen molar-refractivity contribution in [3.8, 4) is 0 Å². The highest BCUT2D eigenvalue weighted by atomic mass is 32.2. The van der Waals surface area contributed by atoms with Gasteiger partial charge in [-0.25, -0.2) is 9.14 Å². The summed E-state index contributed by atoms with van der Waals surface area (Å²) in [4.78, 5) is 9.45. The first kappa shape index (κ1) is 22.1. The zero-order chi connectivity index (χ0) is 20.3. The average molecular weight is 416 g/mol. The van der Waals surface area contributed by atoms with Gasteiger partial charge < -0.3 is 4.74 Å². The molecule has 1 unspecified atom stereocenters. The molecule has 2 heterocycles. The predicted octanol–water partition coefficient (Wildman–Crippen LogP) is 4.87. The number of para-hydroxylation sites is 1. The SMILES string of the molecule is C=C/C=C(\C=C/C)CN1CCN(Sc2ccccc2NOC2CCCCO2)CC1. The second-order valence-corrected chi connectivity index (χ2v) is 8.42. The summed E-state index contributed by atoms with van der Waals surface area (Å²) in [5.74, 6) is 0. The zero-order valence-electron chi connectivity index (χ0n) is 17.4. The molecule has 0 spiro atoms. The number of ether oxygens (including phenoxy) is 1. The number of nitrogens with one attached hydrogen (secondary N) is 1. The smallest absolute Gasteiger partial charge is 0.183 e. The van der Waals surface area contributed by atoms with Crippen molar-refractivity contribution in [3.63, 3.8) is 0 Å². The molecule has 29 heavy (non-hydrogen) atoms. The lowest BCUT2D eigenvalue weighted by atomic mass is 10.2. The summed E-state index contributed by atoms with van der Waals surface area (Å²) in [6.07, 6.45) is 11.3. The number of hydrogen-bond donors (Lipinski definition) is 1. The summed E-state index contributed by atoms with van der Waals surface area (Å²) < 4.78 is 8.08. The van der Waals surface area contributed by atoms with Gasteiger partial charge in [0.1, 0.15) is 0 Å². The van der Waals surface area contributed by atoms with Crippen LogP contribution in [0.1, 0.15) is 26.2 Å². The molecule has 6 heteroatoms. The van der Waals surface area contributed by atoms with Crippen LogP contribution in [0.4, 0.5) is 5.69 Å². The number of benzene rings is 1. The van der Waals surface area contributed by atoms with E-state index in [4.69, 9.17) is 9.57 Å².